The summed E-state index contributed by atoms with van der Waals surface area (Å²) >= 11 is -1.02. The highest BCUT2D eigenvalue weighted by Gasteiger charge is 2.26. The normalized spacial score (nSPS) is 13.0. The largest absolute Gasteiger partial charge is 0.453 e. The minimum Gasteiger partial charge on any atom is -0.453 e. The van der Waals surface area contributed by atoms with E-state index < -0.39 is 35.4 Å². The third-order valence-electron chi connectivity index (χ3n) is 6.05. The van der Waals surface area contributed by atoms with Crippen molar-refractivity contribution in [3.63, 3.8) is 0 Å². The summed E-state index contributed by atoms with van der Waals surface area (Å²) in [5.41, 5.74) is 7.00. The molecule has 0 aliphatic rings. The number of amides is 2. The van der Waals surface area contributed by atoms with Crippen LogP contribution >= 0.6 is 11.3 Å². The number of nitrogens with one attached hydrogen (secondary N) is 3. The maximum Gasteiger partial charge on any atom is 0.407 e. The second-order valence-corrected chi connectivity index (χ2v) is 10.5. The van der Waals surface area contributed by atoms with Gasteiger partial charge in [-0.05, 0) is 48.7 Å². The smallest absolute Gasteiger partial charge is 0.407 e. The summed E-state index contributed by atoms with van der Waals surface area (Å²) in [4.78, 5) is 34.8. The van der Waals surface area contributed by atoms with Crippen LogP contribution in [0, 0.1) is 6.92 Å². The molecule has 3 atom stereocenters. The summed E-state index contributed by atoms with van der Waals surface area (Å²) in [7, 11) is 1.24. The van der Waals surface area contributed by atoms with E-state index in [1.54, 1.807) is 30.5 Å². The number of ether oxygens (including phenoxy) is 1. The Balaban J connectivity index is 1.59. The van der Waals surface area contributed by atoms with E-state index in [9.17, 15) is 13.8 Å². The molecule has 0 saturated heterocycles. The van der Waals surface area contributed by atoms with E-state index in [1.165, 1.54) is 18.4 Å². The van der Waals surface area contributed by atoms with Gasteiger partial charge in [0.15, 0.2) is 0 Å². The van der Waals surface area contributed by atoms with Gasteiger partial charge in [0.05, 0.1) is 24.5 Å². The molecule has 11 nitrogen and oxygen atoms in total. The summed E-state index contributed by atoms with van der Waals surface area (Å²) < 4.78 is 28.8. The van der Waals surface area contributed by atoms with Gasteiger partial charge in [0, 0.05) is 29.3 Å². The van der Waals surface area contributed by atoms with Gasteiger partial charge in [-0.15, -0.1) is 15.6 Å². The van der Waals surface area contributed by atoms with Crippen LogP contribution in [-0.4, -0.2) is 43.9 Å². The van der Waals surface area contributed by atoms with Crippen LogP contribution < -0.4 is 16.1 Å². The Kier molecular flexibility index (Phi) is 10.5. The number of methoxy groups -OCH3 is 1. The Morgan fingerprint density at radius 2 is 1.73 bits per heavy atom. The van der Waals surface area contributed by atoms with Gasteiger partial charge >= 0.3 is 17.5 Å². The summed E-state index contributed by atoms with van der Waals surface area (Å²) in [6.07, 6.45) is 1.69. The molecule has 2 amide bonds. The first kappa shape index (κ1) is 29.8. The number of benzene rings is 2. The standard InChI is InChI=1S/C28H29N5O6S2/c1-18-8-11-21(16-29-18)27-31-25(17-40-27)23(14-20-9-12-22(13-10-20)33-39-41(36)37)30-26(34)24(32-28(35)38-2)15-19-6-4-3-5-7-19/h3-13,16-17,23-24,33H,14-15H2,1-2H3,(H,30,34)(H,32,35)(H,36,37)/t23-,24-/m0/s1. The third kappa shape index (κ3) is 8.91. The predicted octanol–water partition coefficient (Wildman–Crippen LogP) is 4.36. The van der Waals surface area contributed by atoms with E-state index in [0.717, 1.165) is 27.4 Å². The minimum atomic E-state index is -2.46. The van der Waals surface area contributed by atoms with Gasteiger partial charge < -0.3 is 15.4 Å². The number of rotatable bonds is 12. The average molecular weight is 596 g/mol. The first-order chi connectivity index (χ1) is 19.8. The van der Waals surface area contributed by atoms with E-state index >= 15 is 0 Å². The molecule has 0 aliphatic heterocycles. The van der Waals surface area contributed by atoms with Crippen molar-refractivity contribution in [2.45, 2.75) is 31.8 Å². The number of carbonyl (C=O) groups excluding carboxylic acids is 2. The molecule has 0 spiro atoms. The fourth-order valence-electron chi connectivity index (χ4n) is 3.96. The van der Waals surface area contributed by atoms with E-state index in [4.69, 9.17) is 14.3 Å². The Labute approximate surface area is 243 Å². The maximum absolute atomic E-state index is 13.6. The minimum absolute atomic E-state index is 0.262. The average Bonchev–Trinajstić information content (AvgIpc) is 3.47. The number of carbonyl (C=O) groups is 2. The topological polar surface area (TPSA) is 152 Å². The highest BCUT2D eigenvalue weighted by Crippen LogP contribution is 2.28. The molecule has 4 aromatic rings. The number of thiazole rings is 1. The zero-order valence-electron chi connectivity index (χ0n) is 22.3. The van der Waals surface area contributed by atoms with Crippen LogP contribution in [0.3, 0.4) is 0 Å². The highest BCUT2D eigenvalue weighted by atomic mass is 32.2. The maximum atomic E-state index is 13.6. The van der Waals surface area contributed by atoms with Crippen LogP contribution in [0.5, 0.6) is 0 Å². The summed E-state index contributed by atoms with van der Waals surface area (Å²) in [5.74, 6) is -0.395. The fourth-order valence-corrected chi connectivity index (χ4v) is 5.00. The van der Waals surface area contributed by atoms with Gasteiger partial charge in [0.1, 0.15) is 11.0 Å². The van der Waals surface area contributed by atoms with Crippen molar-refractivity contribution in [1.29, 1.82) is 0 Å². The van der Waals surface area contributed by atoms with Crippen LogP contribution in [0.2, 0.25) is 0 Å². The molecule has 13 heteroatoms. The van der Waals surface area contributed by atoms with Gasteiger partial charge in [-0.3, -0.25) is 14.3 Å². The number of aromatic nitrogens is 2. The van der Waals surface area contributed by atoms with Crippen LogP contribution in [-0.2, 0) is 38.0 Å². The lowest BCUT2D eigenvalue weighted by Crippen LogP contribution is -2.49. The molecule has 2 aromatic heterocycles. The second-order valence-electron chi connectivity index (χ2n) is 9.01. The van der Waals surface area contributed by atoms with Gasteiger partial charge in [-0.1, -0.05) is 42.5 Å². The van der Waals surface area contributed by atoms with E-state index in [1.807, 2.05) is 54.8 Å². The zero-order valence-corrected chi connectivity index (χ0v) is 23.9. The molecule has 214 valence electrons. The molecule has 2 aromatic carbocycles. The molecule has 41 heavy (non-hydrogen) atoms. The predicted molar refractivity (Wildman–Crippen MR) is 156 cm³/mol. The number of pyridine rings is 1. The van der Waals surface area contributed by atoms with Crippen LogP contribution in [0.1, 0.15) is 28.6 Å². The molecule has 1 unspecified atom stereocenters. The Bertz CT molecular complexity index is 1470. The van der Waals surface area contributed by atoms with Crippen molar-refractivity contribution < 1.29 is 27.4 Å². The van der Waals surface area contributed by atoms with E-state index in [-0.39, 0.29) is 6.42 Å². The second kappa shape index (κ2) is 14.5. The number of nitrogens with zero attached hydrogens (tertiary/aromatic N) is 2. The van der Waals surface area contributed by atoms with Crippen molar-refractivity contribution in [1.82, 2.24) is 20.6 Å². The Hall–Kier alpha value is -4.17. The SMILES string of the molecule is COC(=O)N[C@@H](Cc1ccccc1)C(=O)N[C@@H](Cc1ccc(NOS(=O)O)cc1)c1csc(-c2ccc(C)nc2)n1. The number of alkyl carbamates (subject to hydrolysis) is 1. The van der Waals surface area contributed by atoms with E-state index in [0.29, 0.717) is 17.8 Å². The quantitative estimate of drug-likeness (QED) is 0.138. The lowest BCUT2D eigenvalue weighted by molar-refractivity contribution is -0.123. The van der Waals surface area contributed by atoms with Crippen molar-refractivity contribution in [2.24, 2.45) is 0 Å². The Morgan fingerprint density at radius 1 is 1.00 bits per heavy atom. The summed E-state index contributed by atoms with van der Waals surface area (Å²) in [5, 5.41) is 8.35. The van der Waals surface area contributed by atoms with Crippen LogP contribution in [0.25, 0.3) is 10.6 Å². The first-order valence-corrected chi connectivity index (χ1v) is 14.4. The molecule has 0 saturated carbocycles. The van der Waals surface area contributed by atoms with Crippen molar-refractivity contribution >= 4 is 40.4 Å². The molecule has 4 rings (SSSR count). The molecule has 0 radical (unpaired) electrons. The lowest BCUT2D eigenvalue weighted by atomic mass is 10.0. The molecule has 0 bridgehead atoms. The number of aryl methyl sites for hydroxylation is 1. The summed E-state index contributed by atoms with van der Waals surface area (Å²) in [6, 6.07) is 18.8. The summed E-state index contributed by atoms with van der Waals surface area (Å²) in [6.45, 7) is 1.91. The monoisotopic (exact) mass is 595 g/mol. The van der Waals surface area contributed by atoms with Gasteiger partial charge in [-0.25, -0.2) is 15.3 Å². The molecular formula is C28H29N5O6S2. The molecular weight excluding hydrogens is 566 g/mol. The Morgan fingerprint density at radius 3 is 2.39 bits per heavy atom. The van der Waals surface area contributed by atoms with Gasteiger partial charge in [0.2, 0.25) is 5.91 Å². The van der Waals surface area contributed by atoms with Gasteiger partial charge in [-0.2, -0.15) is 4.21 Å². The lowest BCUT2D eigenvalue weighted by Gasteiger charge is -2.23. The van der Waals surface area contributed by atoms with Crippen LogP contribution in [0.15, 0.2) is 78.3 Å². The molecule has 2 heterocycles. The number of hydrogen-bond acceptors (Lipinski definition) is 9. The fraction of sp³-hybridized carbons (Fsp3) is 0.214. The van der Waals surface area contributed by atoms with Crippen molar-refractivity contribution in [3.8, 4) is 10.6 Å². The van der Waals surface area contributed by atoms with Crippen LogP contribution in [0.4, 0.5) is 10.5 Å². The highest BCUT2D eigenvalue weighted by molar-refractivity contribution is 7.74. The number of hydrogen-bond donors (Lipinski definition) is 4. The first-order valence-electron chi connectivity index (χ1n) is 12.5. The molecule has 0 aliphatic carbocycles. The van der Waals surface area contributed by atoms with Gasteiger partial charge in [0.25, 0.3) is 0 Å². The molecule has 0 fully saturated rings. The number of anilines is 1. The molecule has 4 N–H and O–H groups in total. The van der Waals surface area contributed by atoms with E-state index in [2.05, 4.69) is 25.4 Å². The van der Waals surface area contributed by atoms with Crippen molar-refractivity contribution in [3.05, 3.63) is 101 Å². The third-order valence-corrected chi connectivity index (χ3v) is 7.19. The van der Waals surface area contributed by atoms with Crippen molar-refractivity contribution in [2.75, 3.05) is 12.6 Å². The zero-order chi connectivity index (χ0) is 29.2.